The molecule has 0 amide bonds. The average molecular weight is 177 g/mol. The summed E-state index contributed by atoms with van der Waals surface area (Å²) in [5.41, 5.74) is 1.06. The van der Waals surface area contributed by atoms with Crippen LogP contribution >= 0.6 is 0 Å². The summed E-state index contributed by atoms with van der Waals surface area (Å²) >= 11 is 0. The van der Waals surface area contributed by atoms with Crippen molar-refractivity contribution in [1.29, 1.82) is 0 Å². The van der Waals surface area contributed by atoms with E-state index >= 15 is 0 Å². The van der Waals surface area contributed by atoms with Gasteiger partial charge in [0.2, 0.25) is 0 Å². The third kappa shape index (κ3) is 2.39. The topological polar surface area (TPSA) is 20.3 Å². The van der Waals surface area contributed by atoms with E-state index in [1.165, 1.54) is 0 Å². The number of carbonyl (C=O) groups excluding carboxylic acids is 1. The first-order valence-corrected chi connectivity index (χ1v) is 4.34. The molecular weight excluding hydrogens is 162 g/mol. The lowest BCUT2D eigenvalue weighted by Gasteiger charge is -2.21. The van der Waals surface area contributed by atoms with E-state index in [2.05, 4.69) is 0 Å². The Kier molecular flexibility index (Phi) is 3.20. The van der Waals surface area contributed by atoms with E-state index in [-0.39, 0.29) is 11.8 Å². The van der Waals surface area contributed by atoms with Crippen molar-refractivity contribution >= 4 is 5.78 Å². The molecule has 1 aromatic carbocycles. The summed E-state index contributed by atoms with van der Waals surface area (Å²) in [6.45, 7) is 1.62. The summed E-state index contributed by atoms with van der Waals surface area (Å²) in [5.74, 6) is 0.177. The number of hydrogen-bond acceptors (Lipinski definition) is 2. The number of hydrogen-bond donors (Lipinski definition) is 0. The quantitative estimate of drug-likeness (QED) is 0.702. The molecule has 0 spiro atoms. The summed E-state index contributed by atoms with van der Waals surface area (Å²) in [6, 6.07) is 9.71. The Balaban J connectivity index is 2.96. The Morgan fingerprint density at radius 3 is 2.15 bits per heavy atom. The van der Waals surface area contributed by atoms with Crippen LogP contribution in [-0.4, -0.2) is 24.8 Å². The monoisotopic (exact) mass is 177 g/mol. The fraction of sp³-hybridized carbons (Fsp3) is 0.364. The normalized spacial score (nSPS) is 12.9. The van der Waals surface area contributed by atoms with E-state index in [1.807, 2.05) is 49.3 Å². The molecule has 1 atom stereocenters. The van der Waals surface area contributed by atoms with E-state index in [0.29, 0.717) is 0 Å². The fourth-order valence-corrected chi connectivity index (χ4v) is 1.53. The highest BCUT2D eigenvalue weighted by Crippen LogP contribution is 2.18. The molecule has 0 aromatic heterocycles. The van der Waals surface area contributed by atoms with Gasteiger partial charge >= 0.3 is 0 Å². The van der Waals surface area contributed by atoms with Crippen LogP contribution in [0.2, 0.25) is 0 Å². The predicted molar refractivity (Wildman–Crippen MR) is 53.6 cm³/mol. The van der Waals surface area contributed by atoms with Crippen molar-refractivity contribution in [1.82, 2.24) is 4.90 Å². The minimum Gasteiger partial charge on any atom is -0.298 e. The Morgan fingerprint density at radius 2 is 1.77 bits per heavy atom. The van der Waals surface area contributed by atoms with E-state index in [9.17, 15) is 4.79 Å². The molecule has 0 aliphatic heterocycles. The van der Waals surface area contributed by atoms with E-state index in [1.54, 1.807) is 6.92 Å². The van der Waals surface area contributed by atoms with E-state index in [0.717, 1.165) is 5.56 Å². The maximum absolute atomic E-state index is 11.3. The summed E-state index contributed by atoms with van der Waals surface area (Å²) in [6.07, 6.45) is 0. The van der Waals surface area contributed by atoms with Gasteiger partial charge in [0, 0.05) is 0 Å². The van der Waals surface area contributed by atoms with Crippen molar-refractivity contribution in [3.63, 3.8) is 0 Å². The fourth-order valence-electron chi connectivity index (χ4n) is 1.53. The number of likely N-dealkylation sites (N-methyl/N-ethyl adjacent to an activating group) is 1. The minimum atomic E-state index is -0.110. The standard InChI is InChI=1S/C11H15NO/c1-9(13)11(12(2)3)10-7-5-4-6-8-10/h4-8,11H,1-3H3. The molecule has 1 unspecified atom stereocenters. The van der Waals surface area contributed by atoms with Crippen LogP contribution in [0.15, 0.2) is 30.3 Å². The van der Waals surface area contributed by atoms with Crippen molar-refractivity contribution in [2.45, 2.75) is 13.0 Å². The second-order valence-corrected chi connectivity index (χ2v) is 3.39. The molecule has 0 N–H and O–H groups in total. The zero-order chi connectivity index (χ0) is 9.84. The average Bonchev–Trinajstić information content (AvgIpc) is 2.04. The van der Waals surface area contributed by atoms with Crippen LogP contribution in [-0.2, 0) is 4.79 Å². The number of Topliss-reactive ketones (excluding diaryl/α,β-unsaturated/α-hetero) is 1. The summed E-state index contributed by atoms with van der Waals surface area (Å²) in [5, 5.41) is 0. The lowest BCUT2D eigenvalue weighted by Crippen LogP contribution is -2.25. The van der Waals surface area contributed by atoms with Gasteiger partial charge in [-0.3, -0.25) is 9.69 Å². The lowest BCUT2D eigenvalue weighted by molar-refractivity contribution is -0.121. The van der Waals surface area contributed by atoms with Crippen LogP contribution in [0, 0.1) is 0 Å². The lowest BCUT2D eigenvalue weighted by atomic mass is 10.0. The van der Waals surface area contributed by atoms with Crippen LogP contribution in [0.4, 0.5) is 0 Å². The van der Waals surface area contributed by atoms with Crippen molar-refractivity contribution in [3.8, 4) is 0 Å². The maximum atomic E-state index is 11.3. The van der Waals surface area contributed by atoms with Gasteiger partial charge < -0.3 is 0 Å². The van der Waals surface area contributed by atoms with Gasteiger partial charge in [-0.2, -0.15) is 0 Å². The second kappa shape index (κ2) is 4.19. The number of carbonyl (C=O) groups is 1. The number of benzene rings is 1. The summed E-state index contributed by atoms with van der Waals surface area (Å²) in [4.78, 5) is 13.3. The summed E-state index contributed by atoms with van der Waals surface area (Å²) < 4.78 is 0. The van der Waals surface area contributed by atoms with E-state index < -0.39 is 0 Å². The highest BCUT2D eigenvalue weighted by Gasteiger charge is 2.17. The predicted octanol–water partition coefficient (Wildman–Crippen LogP) is 1.88. The van der Waals surface area contributed by atoms with Gasteiger partial charge in [-0.05, 0) is 26.6 Å². The van der Waals surface area contributed by atoms with Gasteiger partial charge in [0.05, 0.1) is 6.04 Å². The molecule has 0 saturated heterocycles. The largest absolute Gasteiger partial charge is 0.298 e. The molecule has 0 aliphatic carbocycles. The maximum Gasteiger partial charge on any atom is 0.151 e. The van der Waals surface area contributed by atoms with Crippen molar-refractivity contribution < 1.29 is 4.79 Å². The van der Waals surface area contributed by atoms with Gasteiger partial charge in [0.15, 0.2) is 5.78 Å². The first-order chi connectivity index (χ1) is 6.13. The number of rotatable bonds is 3. The minimum absolute atomic E-state index is 0.110. The zero-order valence-electron chi connectivity index (χ0n) is 8.32. The highest BCUT2D eigenvalue weighted by atomic mass is 16.1. The Labute approximate surface area is 79.2 Å². The van der Waals surface area contributed by atoms with Gasteiger partial charge in [-0.15, -0.1) is 0 Å². The van der Waals surface area contributed by atoms with Gasteiger partial charge in [0.1, 0.15) is 0 Å². The molecule has 70 valence electrons. The van der Waals surface area contributed by atoms with Crippen LogP contribution in [0.3, 0.4) is 0 Å². The molecule has 0 heterocycles. The van der Waals surface area contributed by atoms with Gasteiger partial charge in [0.25, 0.3) is 0 Å². The summed E-state index contributed by atoms with van der Waals surface area (Å²) in [7, 11) is 3.83. The van der Waals surface area contributed by atoms with Crippen LogP contribution in [0.5, 0.6) is 0 Å². The third-order valence-corrected chi connectivity index (χ3v) is 2.02. The van der Waals surface area contributed by atoms with Crippen molar-refractivity contribution in [2.24, 2.45) is 0 Å². The van der Waals surface area contributed by atoms with Crippen LogP contribution in [0.1, 0.15) is 18.5 Å². The molecule has 1 aromatic rings. The second-order valence-electron chi connectivity index (χ2n) is 3.39. The first kappa shape index (κ1) is 9.93. The first-order valence-electron chi connectivity index (χ1n) is 4.34. The van der Waals surface area contributed by atoms with Crippen LogP contribution < -0.4 is 0 Å². The van der Waals surface area contributed by atoms with Gasteiger partial charge in [-0.25, -0.2) is 0 Å². The Morgan fingerprint density at radius 1 is 1.23 bits per heavy atom. The molecule has 0 bridgehead atoms. The third-order valence-electron chi connectivity index (χ3n) is 2.02. The Hall–Kier alpha value is -1.15. The van der Waals surface area contributed by atoms with Crippen molar-refractivity contribution in [3.05, 3.63) is 35.9 Å². The molecule has 2 heteroatoms. The molecule has 2 nitrogen and oxygen atoms in total. The molecule has 0 fully saturated rings. The molecular formula is C11H15NO. The van der Waals surface area contributed by atoms with Gasteiger partial charge in [-0.1, -0.05) is 30.3 Å². The number of nitrogens with zero attached hydrogens (tertiary/aromatic N) is 1. The molecule has 13 heavy (non-hydrogen) atoms. The SMILES string of the molecule is CC(=O)C(c1ccccc1)N(C)C. The van der Waals surface area contributed by atoms with E-state index in [4.69, 9.17) is 0 Å². The zero-order valence-corrected chi connectivity index (χ0v) is 8.32. The molecule has 0 radical (unpaired) electrons. The molecule has 0 aliphatic rings. The molecule has 1 rings (SSSR count). The smallest absolute Gasteiger partial charge is 0.151 e. The number of ketones is 1. The highest BCUT2D eigenvalue weighted by molar-refractivity contribution is 5.82. The molecule has 0 saturated carbocycles. The van der Waals surface area contributed by atoms with Crippen molar-refractivity contribution in [2.75, 3.05) is 14.1 Å². The van der Waals surface area contributed by atoms with Crippen LogP contribution in [0.25, 0.3) is 0 Å². The Bertz CT molecular complexity index is 279.